The zero-order chi connectivity index (χ0) is 14.1. The van der Waals surface area contributed by atoms with Crippen LogP contribution in [0.2, 0.25) is 0 Å². The highest BCUT2D eigenvalue weighted by Crippen LogP contribution is 2.35. The van der Waals surface area contributed by atoms with E-state index in [1.807, 2.05) is 0 Å². The van der Waals surface area contributed by atoms with Crippen LogP contribution < -0.4 is 5.32 Å². The van der Waals surface area contributed by atoms with Crippen molar-refractivity contribution in [2.24, 2.45) is 17.3 Å². The van der Waals surface area contributed by atoms with Gasteiger partial charge in [0.15, 0.2) is 0 Å². The molecule has 0 bridgehead atoms. The fourth-order valence-electron chi connectivity index (χ4n) is 3.68. The molecule has 18 heavy (non-hydrogen) atoms. The van der Waals surface area contributed by atoms with Crippen molar-refractivity contribution in [3.63, 3.8) is 0 Å². The third kappa shape index (κ3) is 3.48. The largest absolute Gasteiger partial charge is 0.315 e. The lowest BCUT2D eigenvalue weighted by Crippen LogP contribution is -2.58. The first-order valence-electron chi connectivity index (χ1n) is 7.57. The van der Waals surface area contributed by atoms with Crippen molar-refractivity contribution >= 4 is 0 Å². The summed E-state index contributed by atoms with van der Waals surface area (Å²) in [7, 11) is 4.44. The van der Waals surface area contributed by atoms with Crippen LogP contribution in [0.4, 0.5) is 0 Å². The summed E-state index contributed by atoms with van der Waals surface area (Å²) in [4.78, 5) is 2.62. The lowest BCUT2D eigenvalue weighted by Gasteiger charge is -2.49. The molecule has 1 saturated carbocycles. The molecule has 0 aromatic heterocycles. The summed E-state index contributed by atoms with van der Waals surface area (Å²) in [5, 5.41) is 3.56. The molecular weight excluding hydrogens is 220 g/mol. The van der Waals surface area contributed by atoms with Gasteiger partial charge in [0.1, 0.15) is 0 Å². The minimum Gasteiger partial charge on any atom is -0.315 e. The first-order valence-corrected chi connectivity index (χ1v) is 7.57. The minimum atomic E-state index is 0.343. The summed E-state index contributed by atoms with van der Waals surface area (Å²) >= 11 is 0. The number of nitrogens with zero attached hydrogens (tertiary/aromatic N) is 1. The van der Waals surface area contributed by atoms with Crippen LogP contribution in [0, 0.1) is 17.3 Å². The molecule has 5 atom stereocenters. The molecule has 2 nitrogen and oxygen atoms in total. The highest BCUT2D eigenvalue weighted by Gasteiger charge is 2.39. The number of hydrogen-bond acceptors (Lipinski definition) is 2. The molecule has 0 amide bonds. The van der Waals surface area contributed by atoms with Gasteiger partial charge in [-0.05, 0) is 51.1 Å². The Bertz CT molecular complexity index is 256. The van der Waals surface area contributed by atoms with Gasteiger partial charge in [-0.3, -0.25) is 4.90 Å². The summed E-state index contributed by atoms with van der Waals surface area (Å²) in [5.41, 5.74) is 0.343. The third-order valence-electron chi connectivity index (χ3n) is 5.13. The molecule has 5 unspecified atom stereocenters. The lowest BCUT2D eigenvalue weighted by atomic mass is 9.74. The van der Waals surface area contributed by atoms with Crippen LogP contribution in [0.25, 0.3) is 0 Å². The van der Waals surface area contributed by atoms with Gasteiger partial charge in [-0.1, -0.05) is 34.6 Å². The maximum absolute atomic E-state index is 3.56. The number of likely N-dealkylation sites (N-methyl/N-ethyl adjacent to an activating group) is 2. The summed E-state index contributed by atoms with van der Waals surface area (Å²) < 4.78 is 0. The van der Waals surface area contributed by atoms with Crippen LogP contribution in [-0.2, 0) is 0 Å². The topological polar surface area (TPSA) is 15.3 Å². The van der Waals surface area contributed by atoms with Gasteiger partial charge in [0, 0.05) is 18.1 Å². The predicted octanol–water partition coefficient (Wildman–Crippen LogP) is 3.38. The van der Waals surface area contributed by atoms with E-state index in [2.05, 4.69) is 65.9 Å². The predicted molar refractivity (Wildman–Crippen MR) is 80.9 cm³/mol. The van der Waals surface area contributed by atoms with Gasteiger partial charge in [0.2, 0.25) is 0 Å². The van der Waals surface area contributed by atoms with Gasteiger partial charge in [-0.2, -0.15) is 0 Å². The molecule has 1 aliphatic rings. The van der Waals surface area contributed by atoms with E-state index < -0.39 is 0 Å². The Hall–Kier alpha value is -0.0800. The highest BCUT2D eigenvalue weighted by molar-refractivity contribution is 4.95. The quantitative estimate of drug-likeness (QED) is 0.830. The Morgan fingerprint density at radius 3 is 2.17 bits per heavy atom. The third-order valence-corrected chi connectivity index (χ3v) is 5.13. The van der Waals surface area contributed by atoms with Gasteiger partial charge in [0.05, 0.1) is 0 Å². The monoisotopic (exact) mass is 254 g/mol. The van der Waals surface area contributed by atoms with Gasteiger partial charge < -0.3 is 5.32 Å². The summed E-state index contributed by atoms with van der Waals surface area (Å²) in [6.45, 7) is 14.2. The molecule has 1 aliphatic carbocycles. The van der Waals surface area contributed by atoms with Crippen molar-refractivity contribution < 1.29 is 0 Å². The van der Waals surface area contributed by atoms with E-state index in [4.69, 9.17) is 0 Å². The zero-order valence-electron chi connectivity index (χ0n) is 13.7. The molecule has 108 valence electrons. The van der Waals surface area contributed by atoms with E-state index in [0.29, 0.717) is 23.5 Å². The highest BCUT2D eigenvalue weighted by atomic mass is 15.2. The smallest absolute Gasteiger partial charge is 0.0274 e. The van der Waals surface area contributed by atoms with E-state index in [1.54, 1.807) is 0 Å². The minimum absolute atomic E-state index is 0.343. The van der Waals surface area contributed by atoms with Gasteiger partial charge in [-0.25, -0.2) is 0 Å². The molecular formula is C16H34N2. The van der Waals surface area contributed by atoms with E-state index in [0.717, 1.165) is 11.8 Å². The van der Waals surface area contributed by atoms with E-state index in [-0.39, 0.29) is 0 Å². The first kappa shape index (κ1) is 16.0. The average Bonchev–Trinajstić information content (AvgIpc) is 2.24. The van der Waals surface area contributed by atoms with Crippen molar-refractivity contribution in [1.82, 2.24) is 10.2 Å². The molecule has 0 aromatic rings. The molecule has 0 radical (unpaired) electrons. The molecule has 1 N–H and O–H groups in total. The molecule has 0 aliphatic heterocycles. The molecule has 2 heteroatoms. The Kier molecular flexibility index (Phi) is 5.25. The maximum atomic E-state index is 3.56. The zero-order valence-corrected chi connectivity index (χ0v) is 13.7. The molecule has 0 saturated heterocycles. The van der Waals surface area contributed by atoms with Crippen molar-refractivity contribution in [1.29, 1.82) is 0 Å². The fraction of sp³-hybridized carbons (Fsp3) is 1.00. The Morgan fingerprint density at radius 2 is 1.72 bits per heavy atom. The summed E-state index contributed by atoms with van der Waals surface area (Å²) in [6.07, 6.45) is 2.68. The molecule has 0 spiro atoms. The van der Waals surface area contributed by atoms with Gasteiger partial charge in [-0.15, -0.1) is 0 Å². The van der Waals surface area contributed by atoms with Crippen LogP contribution in [0.15, 0.2) is 0 Å². The van der Waals surface area contributed by atoms with Crippen LogP contribution >= 0.6 is 0 Å². The maximum Gasteiger partial charge on any atom is 0.0274 e. The molecule has 0 heterocycles. The van der Waals surface area contributed by atoms with Crippen LogP contribution in [-0.4, -0.2) is 37.1 Å². The number of rotatable bonds is 3. The van der Waals surface area contributed by atoms with Gasteiger partial charge >= 0.3 is 0 Å². The Labute approximate surface area is 115 Å². The van der Waals surface area contributed by atoms with E-state index in [1.165, 1.54) is 12.8 Å². The standard InChI is InChI=1S/C16H34N2/c1-11-9-12(2)15(14(10-11)17-7)18(8)13(3)16(4,5)6/h11-15,17H,9-10H2,1-8H3. The van der Waals surface area contributed by atoms with Crippen molar-refractivity contribution in [2.75, 3.05) is 14.1 Å². The van der Waals surface area contributed by atoms with Crippen LogP contribution in [0.3, 0.4) is 0 Å². The summed E-state index contributed by atoms with van der Waals surface area (Å²) in [6, 6.07) is 1.91. The summed E-state index contributed by atoms with van der Waals surface area (Å²) in [5.74, 6) is 1.63. The Balaban J connectivity index is 2.84. The number of hydrogen-bond donors (Lipinski definition) is 1. The first-order chi connectivity index (χ1) is 8.18. The van der Waals surface area contributed by atoms with Crippen molar-refractivity contribution in [3.05, 3.63) is 0 Å². The van der Waals surface area contributed by atoms with Crippen molar-refractivity contribution in [3.8, 4) is 0 Å². The Morgan fingerprint density at radius 1 is 1.17 bits per heavy atom. The van der Waals surface area contributed by atoms with E-state index in [9.17, 15) is 0 Å². The fourth-order valence-corrected chi connectivity index (χ4v) is 3.68. The normalized spacial score (nSPS) is 35.8. The SMILES string of the molecule is CNC1CC(C)CC(C)C1N(C)C(C)C(C)(C)C. The second kappa shape index (κ2) is 5.92. The number of nitrogens with one attached hydrogen (secondary N) is 1. The lowest BCUT2D eigenvalue weighted by molar-refractivity contribution is 0.0216. The second-order valence-electron chi connectivity index (χ2n) is 7.65. The molecule has 0 aromatic carbocycles. The molecule has 1 rings (SSSR count). The van der Waals surface area contributed by atoms with Gasteiger partial charge in [0.25, 0.3) is 0 Å². The van der Waals surface area contributed by atoms with Crippen LogP contribution in [0.1, 0.15) is 54.4 Å². The van der Waals surface area contributed by atoms with Crippen LogP contribution in [0.5, 0.6) is 0 Å². The van der Waals surface area contributed by atoms with Crippen molar-refractivity contribution in [2.45, 2.75) is 72.5 Å². The second-order valence-corrected chi connectivity index (χ2v) is 7.65. The average molecular weight is 254 g/mol. The molecule has 1 fully saturated rings. The van der Waals surface area contributed by atoms with E-state index >= 15 is 0 Å².